The molecule has 1 unspecified atom stereocenters. The van der Waals surface area contributed by atoms with Crippen molar-refractivity contribution in [2.75, 3.05) is 38.3 Å². The number of nitrogens with zero attached hydrogens (tertiary/aromatic N) is 4. The maximum Gasteiger partial charge on any atom is 0.451 e. The van der Waals surface area contributed by atoms with Crippen molar-refractivity contribution in [3.63, 3.8) is 0 Å². The van der Waals surface area contributed by atoms with Crippen molar-refractivity contribution in [3.05, 3.63) is 54.1 Å². The van der Waals surface area contributed by atoms with Gasteiger partial charge in [-0.05, 0) is 50.6 Å². The Morgan fingerprint density at radius 3 is 2.43 bits per heavy atom. The third kappa shape index (κ3) is 4.61. The van der Waals surface area contributed by atoms with E-state index in [0.717, 1.165) is 64.3 Å². The topological polar surface area (TPSA) is 70.6 Å². The van der Waals surface area contributed by atoms with Gasteiger partial charge in [0.25, 0.3) is 0 Å². The zero-order chi connectivity index (χ0) is 24.7. The number of hydrogen-bond donors (Lipinski definition) is 1. The average molecular weight is 490 g/mol. The van der Waals surface area contributed by atoms with Crippen LogP contribution in [0.5, 0.6) is 0 Å². The summed E-state index contributed by atoms with van der Waals surface area (Å²) in [5, 5.41) is 3.13. The van der Waals surface area contributed by atoms with Crippen LogP contribution in [0, 0.1) is 5.92 Å². The maximum atomic E-state index is 12.8. The van der Waals surface area contributed by atoms with E-state index in [0.29, 0.717) is 12.5 Å². The Morgan fingerprint density at radius 2 is 1.83 bits per heavy atom. The molecule has 1 aromatic heterocycles. The van der Waals surface area contributed by atoms with Crippen LogP contribution in [-0.2, 0) is 16.5 Å². The number of ether oxygens (including phenoxy) is 1. The Hall–Kier alpha value is -2.72. The van der Waals surface area contributed by atoms with Crippen LogP contribution in [0.3, 0.4) is 0 Å². The number of hydrogen-bond acceptors (Lipinski definition) is 5. The van der Waals surface area contributed by atoms with Gasteiger partial charge in [0, 0.05) is 18.7 Å². The molecule has 3 aliphatic rings. The number of halogens is 3. The molecule has 3 heterocycles. The number of amides is 2. The Labute approximate surface area is 202 Å². The monoisotopic (exact) mass is 489 g/mol. The molecule has 1 spiro atoms. The van der Waals surface area contributed by atoms with Crippen LogP contribution in [0.1, 0.15) is 43.5 Å². The molecule has 1 saturated carbocycles. The minimum Gasteiger partial charge on any atom is -0.381 e. The van der Waals surface area contributed by atoms with Gasteiger partial charge < -0.3 is 10.1 Å². The van der Waals surface area contributed by atoms with Crippen molar-refractivity contribution in [2.45, 2.75) is 49.4 Å². The molecular weight excluding hydrogens is 459 g/mol. The van der Waals surface area contributed by atoms with Crippen LogP contribution in [0.4, 0.5) is 23.7 Å². The molecule has 10 heteroatoms. The van der Waals surface area contributed by atoms with E-state index < -0.39 is 17.5 Å². The van der Waals surface area contributed by atoms with E-state index in [1.54, 1.807) is 0 Å². The minimum atomic E-state index is -4.62. The van der Waals surface area contributed by atoms with Crippen molar-refractivity contribution in [1.82, 2.24) is 20.2 Å². The van der Waals surface area contributed by atoms with Crippen LogP contribution >= 0.6 is 0 Å². The zero-order valence-corrected chi connectivity index (χ0v) is 19.7. The fraction of sp³-hybridized carbons (Fsp3) is 0.560. The number of carbonyl (C=O) groups is 1. The van der Waals surface area contributed by atoms with E-state index in [4.69, 9.17) is 4.74 Å². The van der Waals surface area contributed by atoms with Gasteiger partial charge in [-0.1, -0.05) is 30.3 Å². The smallest absolute Gasteiger partial charge is 0.381 e. The highest BCUT2D eigenvalue weighted by Crippen LogP contribution is 2.47. The number of urea groups is 1. The first-order valence-electron chi connectivity index (χ1n) is 12.0. The molecule has 2 aromatic rings. The number of alkyl halides is 3. The van der Waals surface area contributed by atoms with E-state index in [1.165, 1.54) is 10.5 Å². The van der Waals surface area contributed by atoms with Crippen molar-refractivity contribution in [3.8, 4) is 0 Å². The van der Waals surface area contributed by atoms with E-state index >= 15 is 0 Å². The predicted octanol–water partition coefficient (Wildman–Crippen LogP) is 4.20. The lowest BCUT2D eigenvalue weighted by Crippen LogP contribution is -2.55. The summed E-state index contributed by atoms with van der Waals surface area (Å²) in [5.74, 6) is -0.700. The molecule has 1 aromatic carbocycles. The van der Waals surface area contributed by atoms with E-state index in [1.807, 2.05) is 6.07 Å². The molecule has 5 rings (SSSR count). The third-order valence-electron chi connectivity index (χ3n) is 7.91. The molecule has 0 bridgehead atoms. The summed E-state index contributed by atoms with van der Waals surface area (Å²) in [7, 11) is 2.18. The number of benzene rings is 1. The highest BCUT2D eigenvalue weighted by atomic mass is 19.4. The highest BCUT2D eigenvalue weighted by molar-refractivity contribution is 5.95. The third-order valence-corrected chi connectivity index (χ3v) is 7.91. The van der Waals surface area contributed by atoms with E-state index in [9.17, 15) is 18.0 Å². The van der Waals surface area contributed by atoms with Gasteiger partial charge in [-0.15, -0.1) is 0 Å². The molecule has 1 N–H and O–H groups in total. The summed E-state index contributed by atoms with van der Waals surface area (Å²) in [4.78, 5) is 23.6. The Morgan fingerprint density at radius 1 is 1.14 bits per heavy atom. The molecule has 7 nitrogen and oxygen atoms in total. The van der Waals surface area contributed by atoms with Gasteiger partial charge in [0.1, 0.15) is 0 Å². The van der Waals surface area contributed by atoms with Gasteiger partial charge in [0.15, 0.2) is 0 Å². The van der Waals surface area contributed by atoms with Crippen LogP contribution in [0.2, 0.25) is 0 Å². The Bertz CT molecular complexity index is 1030. The van der Waals surface area contributed by atoms with E-state index in [-0.39, 0.29) is 17.3 Å². The van der Waals surface area contributed by atoms with Gasteiger partial charge in [-0.25, -0.2) is 14.8 Å². The van der Waals surface area contributed by atoms with Gasteiger partial charge >= 0.3 is 12.2 Å². The van der Waals surface area contributed by atoms with Gasteiger partial charge in [0.2, 0.25) is 5.82 Å². The van der Waals surface area contributed by atoms with Crippen molar-refractivity contribution >= 4 is 11.7 Å². The standard InChI is InChI=1S/C25H30F3N5O2/c1-32(15-18-7-12-35-16-18)24(19-5-3-2-4-6-19)10-8-23(9-11-24)17-33(22(34)31-23)20-13-29-21(30-14-20)25(26,27)28/h2-6,13-14,18H,7-12,15-17H2,1H3,(H,31,34). The second kappa shape index (κ2) is 9.05. The molecule has 2 aliphatic heterocycles. The molecular formula is C25H30F3N5O2. The summed E-state index contributed by atoms with van der Waals surface area (Å²) in [6, 6.07) is 10.2. The fourth-order valence-electron chi connectivity index (χ4n) is 5.88. The van der Waals surface area contributed by atoms with Gasteiger partial charge in [-0.2, -0.15) is 13.2 Å². The molecule has 3 fully saturated rings. The first kappa shape index (κ1) is 24.0. The number of carbonyl (C=O) groups excluding carboxylic acids is 1. The quantitative estimate of drug-likeness (QED) is 0.682. The Balaban J connectivity index is 1.33. The zero-order valence-electron chi connectivity index (χ0n) is 19.7. The SMILES string of the molecule is CN(CC1CCOC1)C1(c2ccccc2)CCC2(CC1)CN(c1cnc(C(F)(F)F)nc1)C(=O)N2. The van der Waals surface area contributed by atoms with Gasteiger partial charge in [0.05, 0.1) is 36.8 Å². The lowest BCUT2D eigenvalue weighted by atomic mass is 9.68. The van der Waals surface area contributed by atoms with Crippen LogP contribution in [-0.4, -0.2) is 59.8 Å². The van der Waals surface area contributed by atoms with Crippen molar-refractivity contribution in [1.29, 1.82) is 0 Å². The number of nitrogens with one attached hydrogen (secondary N) is 1. The lowest BCUT2D eigenvalue weighted by molar-refractivity contribution is -0.144. The molecule has 1 aliphatic carbocycles. The first-order valence-corrected chi connectivity index (χ1v) is 12.0. The highest BCUT2D eigenvalue weighted by Gasteiger charge is 2.51. The van der Waals surface area contributed by atoms with Crippen LogP contribution in [0.15, 0.2) is 42.7 Å². The van der Waals surface area contributed by atoms with Gasteiger partial charge in [-0.3, -0.25) is 9.80 Å². The van der Waals surface area contributed by atoms with Crippen LogP contribution in [0.25, 0.3) is 0 Å². The minimum absolute atomic E-state index is 0.148. The number of aromatic nitrogens is 2. The first-order chi connectivity index (χ1) is 16.7. The normalized spacial score (nSPS) is 29.2. The summed E-state index contributed by atoms with van der Waals surface area (Å²) >= 11 is 0. The molecule has 2 saturated heterocycles. The molecule has 188 valence electrons. The molecule has 2 amide bonds. The molecule has 0 radical (unpaired) electrons. The number of anilines is 1. The summed E-state index contributed by atoms with van der Waals surface area (Å²) in [6.07, 6.45) is 1.84. The average Bonchev–Trinajstić information content (AvgIpc) is 3.47. The summed E-state index contributed by atoms with van der Waals surface area (Å²) in [5.41, 5.74) is 0.958. The molecule has 35 heavy (non-hydrogen) atoms. The van der Waals surface area contributed by atoms with Crippen molar-refractivity contribution in [2.24, 2.45) is 5.92 Å². The maximum absolute atomic E-state index is 12.8. The fourth-order valence-corrected chi connectivity index (χ4v) is 5.88. The lowest BCUT2D eigenvalue weighted by Gasteiger charge is -2.50. The molecule has 1 atom stereocenters. The van der Waals surface area contributed by atoms with E-state index in [2.05, 4.69) is 51.5 Å². The summed E-state index contributed by atoms with van der Waals surface area (Å²) < 4.78 is 44.1. The Kier molecular flexibility index (Phi) is 6.21. The largest absolute Gasteiger partial charge is 0.451 e. The van der Waals surface area contributed by atoms with Crippen molar-refractivity contribution < 1.29 is 22.7 Å². The summed E-state index contributed by atoms with van der Waals surface area (Å²) in [6.45, 7) is 2.93. The van der Waals surface area contributed by atoms with Crippen LogP contribution < -0.4 is 10.2 Å². The second-order valence-electron chi connectivity index (χ2n) is 10.1. The second-order valence-corrected chi connectivity index (χ2v) is 10.1. The predicted molar refractivity (Wildman–Crippen MR) is 124 cm³/mol. The number of rotatable bonds is 5.